The highest BCUT2D eigenvalue weighted by Crippen LogP contribution is 2.00. The minimum Gasteiger partial charge on any atom is -0.480 e. The van der Waals surface area contributed by atoms with E-state index in [1.165, 1.54) is 20.8 Å². The molecule has 0 unspecified atom stereocenters. The maximum atomic E-state index is 12.1. The minimum atomic E-state index is -1.22. The molecule has 27 heavy (non-hydrogen) atoms. The van der Waals surface area contributed by atoms with Crippen molar-refractivity contribution in [3.63, 3.8) is 0 Å². The number of aliphatic imine (C=N–C) groups is 1. The predicted octanol–water partition coefficient (Wildman–Crippen LogP) is -3.03. The Labute approximate surface area is 157 Å². The zero-order valence-electron chi connectivity index (χ0n) is 15.7. The smallest absolute Gasteiger partial charge is 0.326 e. The molecule has 0 rings (SSSR count). The highest BCUT2D eigenvalue weighted by molar-refractivity contribution is 5.93. The topological polar surface area (TPSA) is 215 Å². The van der Waals surface area contributed by atoms with Gasteiger partial charge in [-0.2, -0.15) is 0 Å². The second kappa shape index (κ2) is 11.7. The molecule has 0 fully saturated rings. The average Bonchev–Trinajstić information content (AvgIpc) is 2.56. The Hall–Kier alpha value is -2.89. The Balaban J connectivity index is 4.58. The van der Waals surface area contributed by atoms with Crippen molar-refractivity contribution in [2.45, 2.75) is 57.8 Å². The van der Waals surface area contributed by atoms with Gasteiger partial charge in [-0.1, -0.05) is 0 Å². The SMILES string of the molecule is C[C@H](N)C(=O)N[C@@H](C)C(=O)N[C@@H](C)C(=O)N[C@@H](CCCN=C(N)N)C(=O)O. The lowest BCUT2D eigenvalue weighted by molar-refractivity contribution is -0.142. The van der Waals surface area contributed by atoms with Gasteiger partial charge in [0, 0.05) is 6.54 Å². The molecule has 3 amide bonds. The fraction of sp³-hybridized carbons (Fsp3) is 0.667. The van der Waals surface area contributed by atoms with Crippen LogP contribution in [0, 0.1) is 0 Å². The molecule has 4 atom stereocenters. The highest BCUT2D eigenvalue weighted by atomic mass is 16.4. The van der Waals surface area contributed by atoms with E-state index in [2.05, 4.69) is 20.9 Å². The van der Waals surface area contributed by atoms with Crippen molar-refractivity contribution < 1.29 is 24.3 Å². The van der Waals surface area contributed by atoms with Gasteiger partial charge in [0.15, 0.2) is 5.96 Å². The van der Waals surface area contributed by atoms with E-state index in [1.807, 2.05) is 0 Å². The minimum absolute atomic E-state index is 0.104. The summed E-state index contributed by atoms with van der Waals surface area (Å²) in [5.41, 5.74) is 15.7. The first kappa shape index (κ1) is 24.1. The molecular weight excluding hydrogens is 358 g/mol. The fourth-order valence-corrected chi connectivity index (χ4v) is 1.87. The maximum absolute atomic E-state index is 12.1. The van der Waals surface area contributed by atoms with Crippen molar-refractivity contribution in [1.82, 2.24) is 16.0 Å². The van der Waals surface area contributed by atoms with Crippen molar-refractivity contribution in [2.24, 2.45) is 22.2 Å². The second-order valence-electron chi connectivity index (χ2n) is 6.10. The zero-order valence-corrected chi connectivity index (χ0v) is 15.7. The summed E-state index contributed by atoms with van der Waals surface area (Å²) >= 11 is 0. The van der Waals surface area contributed by atoms with Gasteiger partial charge in [0.05, 0.1) is 6.04 Å². The number of carboxylic acid groups (broad SMARTS) is 1. The fourth-order valence-electron chi connectivity index (χ4n) is 1.87. The molecule has 0 aliphatic heterocycles. The number of carboxylic acids is 1. The number of aliphatic carboxylic acids is 1. The maximum Gasteiger partial charge on any atom is 0.326 e. The first-order chi connectivity index (χ1) is 12.5. The van der Waals surface area contributed by atoms with Gasteiger partial charge in [-0.3, -0.25) is 19.4 Å². The summed E-state index contributed by atoms with van der Waals surface area (Å²) in [4.78, 5) is 50.6. The monoisotopic (exact) mass is 387 g/mol. The van der Waals surface area contributed by atoms with Gasteiger partial charge in [0.25, 0.3) is 0 Å². The predicted molar refractivity (Wildman–Crippen MR) is 98.3 cm³/mol. The van der Waals surface area contributed by atoms with Crippen molar-refractivity contribution in [3.8, 4) is 0 Å². The third-order valence-corrected chi connectivity index (χ3v) is 3.48. The van der Waals surface area contributed by atoms with Crippen LogP contribution < -0.4 is 33.2 Å². The van der Waals surface area contributed by atoms with Gasteiger partial charge >= 0.3 is 5.97 Å². The van der Waals surface area contributed by atoms with Gasteiger partial charge < -0.3 is 38.3 Å². The van der Waals surface area contributed by atoms with Crippen molar-refractivity contribution >= 4 is 29.7 Å². The van der Waals surface area contributed by atoms with Crippen LogP contribution in [0.15, 0.2) is 4.99 Å². The lowest BCUT2D eigenvalue weighted by Crippen LogP contribution is -2.55. The molecule has 12 heteroatoms. The van der Waals surface area contributed by atoms with Crippen molar-refractivity contribution in [2.75, 3.05) is 6.54 Å². The van der Waals surface area contributed by atoms with Gasteiger partial charge in [-0.25, -0.2) is 4.79 Å². The molecule has 0 aliphatic rings. The quantitative estimate of drug-likeness (QED) is 0.110. The summed E-state index contributed by atoms with van der Waals surface area (Å²) < 4.78 is 0. The Morgan fingerprint density at radius 3 is 1.85 bits per heavy atom. The van der Waals surface area contributed by atoms with Crippen LogP contribution in [0.25, 0.3) is 0 Å². The zero-order chi connectivity index (χ0) is 21.1. The van der Waals surface area contributed by atoms with E-state index in [4.69, 9.17) is 17.2 Å². The van der Waals surface area contributed by atoms with Gasteiger partial charge in [0.2, 0.25) is 17.7 Å². The molecule has 0 spiro atoms. The van der Waals surface area contributed by atoms with Crippen LogP contribution in [0.2, 0.25) is 0 Å². The summed E-state index contributed by atoms with van der Waals surface area (Å²) in [5, 5.41) is 16.3. The summed E-state index contributed by atoms with van der Waals surface area (Å²) in [6.07, 6.45) is 0.454. The van der Waals surface area contributed by atoms with Crippen molar-refractivity contribution in [3.05, 3.63) is 0 Å². The number of nitrogens with two attached hydrogens (primary N) is 3. The Bertz CT molecular complexity index is 575. The van der Waals surface area contributed by atoms with E-state index in [1.54, 1.807) is 0 Å². The molecule has 0 aliphatic carbocycles. The number of nitrogens with one attached hydrogen (secondary N) is 3. The second-order valence-corrected chi connectivity index (χ2v) is 6.10. The molecule has 12 nitrogen and oxygen atoms in total. The van der Waals surface area contributed by atoms with Gasteiger partial charge in [-0.05, 0) is 33.6 Å². The summed E-state index contributed by atoms with van der Waals surface area (Å²) in [7, 11) is 0. The average molecular weight is 387 g/mol. The third kappa shape index (κ3) is 9.99. The molecular formula is C15H29N7O5. The van der Waals surface area contributed by atoms with E-state index in [0.717, 1.165) is 0 Å². The Morgan fingerprint density at radius 1 is 0.926 bits per heavy atom. The molecule has 0 heterocycles. The largest absolute Gasteiger partial charge is 0.480 e. The molecule has 10 N–H and O–H groups in total. The molecule has 0 bridgehead atoms. The Morgan fingerprint density at radius 2 is 1.41 bits per heavy atom. The molecule has 0 aromatic heterocycles. The molecule has 0 saturated carbocycles. The highest BCUT2D eigenvalue weighted by Gasteiger charge is 2.25. The molecule has 0 saturated heterocycles. The van der Waals surface area contributed by atoms with Crippen LogP contribution in [0.3, 0.4) is 0 Å². The summed E-state index contributed by atoms with van der Waals surface area (Å²) in [6, 6.07) is -3.85. The van der Waals surface area contributed by atoms with Gasteiger partial charge in [0.1, 0.15) is 18.1 Å². The van der Waals surface area contributed by atoms with Crippen LogP contribution in [0.5, 0.6) is 0 Å². The number of carbonyl (C=O) groups is 4. The van der Waals surface area contributed by atoms with E-state index in [0.29, 0.717) is 6.42 Å². The number of rotatable bonds is 11. The molecule has 154 valence electrons. The van der Waals surface area contributed by atoms with Crippen LogP contribution in [0.4, 0.5) is 0 Å². The third-order valence-electron chi connectivity index (χ3n) is 3.48. The molecule has 0 aromatic rings. The molecule has 0 aromatic carbocycles. The first-order valence-corrected chi connectivity index (χ1v) is 8.40. The molecule has 0 radical (unpaired) electrons. The standard InChI is InChI=1S/C15H29N7O5/c1-7(16)11(23)20-8(2)12(24)21-9(3)13(25)22-10(14(26)27)5-4-6-19-15(17)18/h7-10H,4-6,16H2,1-3H3,(H,20,23)(H,21,24)(H,22,25)(H,26,27)(H4,17,18,19)/t7-,8-,9-,10-/m0/s1. The van der Waals surface area contributed by atoms with E-state index < -0.39 is 47.9 Å². The number of hydrogen-bond donors (Lipinski definition) is 7. The van der Waals surface area contributed by atoms with Crippen molar-refractivity contribution in [1.29, 1.82) is 0 Å². The number of guanidine groups is 1. The number of nitrogens with zero attached hydrogens (tertiary/aromatic N) is 1. The number of amides is 3. The number of carbonyl (C=O) groups excluding carboxylic acids is 3. The van der Waals surface area contributed by atoms with E-state index in [-0.39, 0.29) is 18.9 Å². The Kier molecular flexibility index (Phi) is 10.4. The van der Waals surface area contributed by atoms with Crippen LogP contribution in [0.1, 0.15) is 33.6 Å². The van der Waals surface area contributed by atoms with E-state index >= 15 is 0 Å². The lowest BCUT2D eigenvalue weighted by atomic mass is 10.1. The van der Waals surface area contributed by atoms with Crippen LogP contribution >= 0.6 is 0 Å². The summed E-state index contributed by atoms with van der Waals surface area (Å²) in [6.45, 7) is 4.52. The van der Waals surface area contributed by atoms with E-state index in [9.17, 15) is 24.3 Å². The lowest BCUT2D eigenvalue weighted by Gasteiger charge is -2.21. The van der Waals surface area contributed by atoms with Crippen LogP contribution in [-0.2, 0) is 19.2 Å². The summed E-state index contributed by atoms with van der Waals surface area (Å²) in [5.74, 6) is -3.12. The van der Waals surface area contributed by atoms with Gasteiger partial charge in [-0.15, -0.1) is 0 Å². The van der Waals surface area contributed by atoms with Crippen LogP contribution in [-0.4, -0.2) is 65.5 Å². The normalized spacial score (nSPS) is 14.8. The number of hydrogen-bond acceptors (Lipinski definition) is 6. The first-order valence-electron chi connectivity index (χ1n) is 8.40.